The summed E-state index contributed by atoms with van der Waals surface area (Å²) in [7, 11) is -0.908. The molecule has 0 aliphatic heterocycles. The molecule has 0 fully saturated rings. The molecule has 2 rings (SSSR count). The van der Waals surface area contributed by atoms with Gasteiger partial charge in [0.15, 0.2) is 0 Å². The van der Waals surface area contributed by atoms with Gasteiger partial charge in [0.2, 0.25) is 0 Å². The lowest BCUT2D eigenvalue weighted by Crippen LogP contribution is -2.08. The molecule has 106 valence electrons. The molecule has 1 aromatic carbocycles. The standard InChI is InChI=1S/C15H17ClN2OS/c1-11(15-5-3-4-8-17-15)18-13-6-7-14(16)12(9-13)10-20(2)19/h3-9,11,18H,10H2,1-2H3/t11-,20-/m0/s1. The molecule has 0 unspecified atom stereocenters. The zero-order valence-electron chi connectivity index (χ0n) is 11.5. The van der Waals surface area contributed by atoms with E-state index in [1.165, 1.54) is 0 Å². The molecule has 0 bridgehead atoms. The van der Waals surface area contributed by atoms with Gasteiger partial charge in [-0.3, -0.25) is 9.19 Å². The Morgan fingerprint density at radius 2 is 2.15 bits per heavy atom. The molecule has 0 saturated heterocycles. The van der Waals surface area contributed by atoms with Crippen molar-refractivity contribution in [2.75, 3.05) is 11.6 Å². The van der Waals surface area contributed by atoms with Crippen LogP contribution < -0.4 is 5.32 Å². The molecule has 2 aromatic rings. The Morgan fingerprint density at radius 3 is 2.80 bits per heavy atom. The van der Waals surface area contributed by atoms with Gasteiger partial charge in [0.1, 0.15) is 0 Å². The van der Waals surface area contributed by atoms with Crippen molar-refractivity contribution in [3.8, 4) is 0 Å². The highest BCUT2D eigenvalue weighted by Crippen LogP contribution is 2.24. The average molecular weight is 309 g/mol. The van der Waals surface area contributed by atoms with Gasteiger partial charge in [0, 0.05) is 39.7 Å². The van der Waals surface area contributed by atoms with E-state index in [0.29, 0.717) is 10.8 Å². The lowest BCUT2D eigenvalue weighted by Gasteiger charge is -2.16. The molecule has 1 N–H and O–H groups in total. The Bertz CT molecular complexity index is 604. The third kappa shape index (κ3) is 4.05. The zero-order valence-corrected chi connectivity index (χ0v) is 13.0. The normalized spacial score (nSPS) is 13.8. The van der Waals surface area contributed by atoms with Crippen molar-refractivity contribution < 1.29 is 4.21 Å². The fraction of sp³-hybridized carbons (Fsp3) is 0.267. The molecule has 0 aliphatic rings. The third-order valence-electron chi connectivity index (χ3n) is 2.92. The summed E-state index contributed by atoms with van der Waals surface area (Å²) in [5.41, 5.74) is 2.82. The van der Waals surface area contributed by atoms with E-state index in [9.17, 15) is 4.21 Å². The summed E-state index contributed by atoms with van der Waals surface area (Å²) in [5.74, 6) is 0.465. The van der Waals surface area contributed by atoms with Gasteiger partial charge >= 0.3 is 0 Å². The molecular formula is C15H17ClN2OS. The summed E-state index contributed by atoms with van der Waals surface area (Å²) < 4.78 is 11.3. The molecular weight excluding hydrogens is 292 g/mol. The van der Waals surface area contributed by atoms with Crippen molar-refractivity contribution in [3.63, 3.8) is 0 Å². The second kappa shape index (κ2) is 6.86. The number of anilines is 1. The maximum absolute atomic E-state index is 11.3. The van der Waals surface area contributed by atoms with E-state index in [1.807, 2.05) is 36.4 Å². The second-order valence-electron chi connectivity index (χ2n) is 4.64. The average Bonchev–Trinajstić information content (AvgIpc) is 2.43. The number of benzene rings is 1. The summed E-state index contributed by atoms with van der Waals surface area (Å²) >= 11 is 6.12. The molecule has 1 heterocycles. The number of halogens is 1. The predicted octanol–water partition coefficient (Wildman–Crippen LogP) is 3.79. The molecule has 2 atom stereocenters. The molecule has 0 saturated carbocycles. The monoisotopic (exact) mass is 308 g/mol. The first-order chi connectivity index (χ1) is 9.56. The van der Waals surface area contributed by atoms with E-state index in [4.69, 9.17) is 11.6 Å². The van der Waals surface area contributed by atoms with Crippen LogP contribution in [-0.4, -0.2) is 15.4 Å². The minimum atomic E-state index is -0.908. The van der Waals surface area contributed by atoms with E-state index in [1.54, 1.807) is 12.5 Å². The van der Waals surface area contributed by atoms with E-state index in [-0.39, 0.29) is 6.04 Å². The third-order valence-corrected chi connectivity index (χ3v) is 4.01. The zero-order chi connectivity index (χ0) is 14.5. The Labute approximate surface area is 126 Å². The smallest absolute Gasteiger partial charge is 0.0657 e. The van der Waals surface area contributed by atoms with E-state index in [0.717, 1.165) is 16.9 Å². The summed E-state index contributed by atoms with van der Waals surface area (Å²) in [6, 6.07) is 11.6. The minimum Gasteiger partial charge on any atom is -0.377 e. The van der Waals surface area contributed by atoms with Gasteiger partial charge in [-0.2, -0.15) is 0 Å². The number of rotatable bonds is 5. The van der Waals surface area contributed by atoms with E-state index in [2.05, 4.69) is 17.2 Å². The van der Waals surface area contributed by atoms with Crippen molar-refractivity contribution in [2.24, 2.45) is 0 Å². The first-order valence-electron chi connectivity index (χ1n) is 6.32. The van der Waals surface area contributed by atoms with Crippen LogP contribution in [0.15, 0.2) is 42.6 Å². The van der Waals surface area contributed by atoms with Gasteiger partial charge in [-0.15, -0.1) is 0 Å². The Balaban J connectivity index is 2.15. The van der Waals surface area contributed by atoms with Crippen LogP contribution >= 0.6 is 11.6 Å². The summed E-state index contributed by atoms with van der Waals surface area (Å²) in [4.78, 5) is 4.33. The van der Waals surface area contributed by atoms with Crippen LogP contribution in [0.1, 0.15) is 24.2 Å². The van der Waals surface area contributed by atoms with Crippen LogP contribution in [0.3, 0.4) is 0 Å². The quantitative estimate of drug-likeness (QED) is 0.914. The fourth-order valence-electron chi connectivity index (χ4n) is 1.95. The Hall–Kier alpha value is -1.39. The number of aromatic nitrogens is 1. The lowest BCUT2D eigenvalue weighted by molar-refractivity contribution is 0.686. The van der Waals surface area contributed by atoms with Crippen molar-refractivity contribution in [1.82, 2.24) is 4.98 Å². The highest BCUT2D eigenvalue weighted by Gasteiger charge is 2.08. The van der Waals surface area contributed by atoms with Gasteiger partial charge in [0.25, 0.3) is 0 Å². The van der Waals surface area contributed by atoms with Gasteiger partial charge in [0.05, 0.1) is 11.7 Å². The first kappa shape index (κ1) is 15.0. The number of pyridine rings is 1. The van der Waals surface area contributed by atoms with Gasteiger partial charge in [-0.1, -0.05) is 17.7 Å². The van der Waals surface area contributed by atoms with Crippen LogP contribution in [0.4, 0.5) is 5.69 Å². The molecule has 1 aromatic heterocycles. The van der Waals surface area contributed by atoms with Gasteiger partial charge in [-0.25, -0.2) is 0 Å². The number of hydrogen-bond acceptors (Lipinski definition) is 3. The lowest BCUT2D eigenvalue weighted by atomic mass is 10.1. The SMILES string of the molecule is C[C@H](Nc1ccc(Cl)c(C[S@](C)=O)c1)c1ccccn1. The van der Waals surface area contributed by atoms with Crippen molar-refractivity contribution in [3.05, 3.63) is 58.9 Å². The van der Waals surface area contributed by atoms with Crippen molar-refractivity contribution >= 4 is 28.1 Å². The number of hydrogen-bond donors (Lipinski definition) is 1. The highest BCUT2D eigenvalue weighted by molar-refractivity contribution is 7.83. The molecule has 3 nitrogen and oxygen atoms in total. The Morgan fingerprint density at radius 1 is 1.35 bits per heavy atom. The van der Waals surface area contributed by atoms with Crippen LogP contribution in [0.5, 0.6) is 0 Å². The number of nitrogens with one attached hydrogen (secondary N) is 1. The van der Waals surface area contributed by atoms with Crippen molar-refractivity contribution in [2.45, 2.75) is 18.7 Å². The van der Waals surface area contributed by atoms with Gasteiger partial charge in [-0.05, 0) is 42.8 Å². The first-order valence-corrected chi connectivity index (χ1v) is 8.42. The molecule has 0 amide bonds. The number of nitrogens with zero attached hydrogens (tertiary/aromatic N) is 1. The predicted molar refractivity (Wildman–Crippen MR) is 85.5 cm³/mol. The summed E-state index contributed by atoms with van der Waals surface area (Å²) in [5, 5.41) is 4.03. The van der Waals surface area contributed by atoms with E-state index < -0.39 is 10.8 Å². The molecule has 5 heteroatoms. The van der Waals surface area contributed by atoms with Crippen LogP contribution in [0.25, 0.3) is 0 Å². The van der Waals surface area contributed by atoms with Crippen molar-refractivity contribution in [1.29, 1.82) is 0 Å². The summed E-state index contributed by atoms with van der Waals surface area (Å²) in [6.07, 6.45) is 3.45. The highest BCUT2D eigenvalue weighted by atomic mass is 35.5. The van der Waals surface area contributed by atoms with Crippen LogP contribution in [0.2, 0.25) is 5.02 Å². The van der Waals surface area contributed by atoms with Crippen LogP contribution in [-0.2, 0) is 16.6 Å². The topological polar surface area (TPSA) is 42.0 Å². The molecule has 0 aliphatic carbocycles. The second-order valence-corrected chi connectivity index (χ2v) is 6.49. The largest absolute Gasteiger partial charge is 0.377 e. The molecule has 0 spiro atoms. The molecule has 20 heavy (non-hydrogen) atoms. The minimum absolute atomic E-state index is 0.0948. The summed E-state index contributed by atoms with van der Waals surface area (Å²) in [6.45, 7) is 2.05. The van der Waals surface area contributed by atoms with Gasteiger partial charge < -0.3 is 5.32 Å². The fourth-order valence-corrected chi connectivity index (χ4v) is 2.89. The maximum atomic E-state index is 11.3. The maximum Gasteiger partial charge on any atom is 0.0657 e. The Kier molecular flexibility index (Phi) is 5.15. The molecule has 0 radical (unpaired) electrons. The van der Waals surface area contributed by atoms with E-state index >= 15 is 0 Å². The van der Waals surface area contributed by atoms with Crippen LogP contribution in [0, 0.1) is 0 Å².